The van der Waals surface area contributed by atoms with Crippen LogP contribution in [0, 0.1) is 0 Å². The van der Waals surface area contributed by atoms with Gasteiger partial charge in [-0.2, -0.15) is 0 Å². The Morgan fingerprint density at radius 1 is 1.25 bits per heavy atom. The summed E-state index contributed by atoms with van der Waals surface area (Å²) < 4.78 is 5.71. The third kappa shape index (κ3) is 5.43. The van der Waals surface area contributed by atoms with Crippen LogP contribution in [0.4, 0.5) is 11.5 Å². The molecule has 0 bridgehead atoms. The monoisotopic (exact) mass is 386 g/mol. The van der Waals surface area contributed by atoms with Crippen molar-refractivity contribution in [3.05, 3.63) is 48.7 Å². The average Bonchev–Trinajstić information content (AvgIpc) is 2.73. The summed E-state index contributed by atoms with van der Waals surface area (Å²) >= 11 is 0. The van der Waals surface area contributed by atoms with Gasteiger partial charge in [0.25, 0.3) is 5.82 Å². The Balaban J connectivity index is 1.40. The fourth-order valence-electron chi connectivity index (χ4n) is 3.38. The van der Waals surface area contributed by atoms with E-state index in [4.69, 9.17) is 4.74 Å². The largest absolute Gasteiger partial charge is 0.491 e. The first-order valence-electron chi connectivity index (χ1n) is 9.73. The van der Waals surface area contributed by atoms with E-state index in [9.17, 15) is 9.90 Å². The van der Waals surface area contributed by atoms with Gasteiger partial charge in [0.15, 0.2) is 0 Å². The zero-order chi connectivity index (χ0) is 19.9. The average molecular weight is 386 g/mol. The zero-order valence-electron chi connectivity index (χ0n) is 16.6. The molecule has 3 N–H and O–H groups in total. The quantitative estimate of drug-likeness (QED) is 0.681. The van der Waals surface area contributed by atoms with Gasteiger partial charge in [0, 0.05) is 25.7 Å². The number of pyridine rings is 1. The normalized spacial score (nSPS) is 15.9. The molecule has 7 heteroatoms. The van der Waals surface area contributed by atoms with Crippen LogP contribution in [0.25, 0.3) is 0 Å². The number of nitrogens with one attached hydrogen (secondary N) is 2. The molecule has 1 aliphatic heterocycles. The van der Waals surface area contributed by atoms with E-state index in [2.05, 4.69) is 16.0 Å². The summed E-state index contributed by atoms with van der Waals surface area (Å²) in [5.41, 5.74) is 0.818. The molecule has 0 saturated carbocycles. The van der Waals surface area contributed by atoms with Crippen LogP contribution in [0.5, 0.6) is 5.75 Å². The maximum atomic E-state index is 11.4. The second-order valence-electron chi connectivity index (χ2n) is 7.23. The van der Waals surface area contributed by atoms with E-state index in [0.29, 0.717) is 12.3 Å². The lowest BCUT2D eigenvalue weighted by Crippen LogP contribution is -3.16. The topological polar surface area (TPSA) is 71.6 Å². The minimum absolute atomic E-state index is 0.0164. The van der Waals surface area contributed by atoms with E-state index in [1.807, 2.05) is 42.6 Å². The van der Waals surface area contributed by atoms with Crippen LogP contribution >= 0.6 is 0 Å². The number of carbonyl (C=O) groups excluding carboxylic acids is 1. The number of nitrogens with zero attached hydrogens (tertiary/aromatic N) is 2. The van der Waals surface area contributed by atoms with Crippen molar-refractivity contribution in [3.63, 3.8) is 0 Å². The highest BCUT2D eigenvalue weighted by Crippen LogP contribution is 2.18. The Hall–Kier alpha value is -2.64. The number of hydrogen-bond donors (Lipinski definition) is 2. The standard InChI is InChI=1S/C21H28N4O3/c1-17(26)23(2)18-6-8-20(9-7-18)28-16-19(27)15-24-11-13-25(14-12-24)21-5-3-4-10-22-21/h3-10,19,27H,11-16H2,1-2H3/p+2/t19-/m1/s1. The van der Waals surface area contributed by atoms with Gasteiger partial charge < -0.3 is 19.6 Å². The summed E-state index contributed by atoms with van der Waals surface area (Å²) in [6, 6.07) is 13.4. The first-order chi connectivity index (χ1) is 13.5. The number of aliphatic hydroxyl groups excluding tert-OH is 1. The first-order valence-corrected chi connectivity index (χ1v) is 9.73. The number of ether oxygens (including phenoxy) is 1. The van der Waals surface area contributed by atoms with Gasteiger partial charge in [-0.15, -0.1) is 0 Å². The number of aliphatic hydroxyl groups is 1. The van der Waals surface area contributed by atoms with Crippen LogP contribution < -0.4 is 24.4 Å². The second-order valence-corrected chi connectivity index (χ2v) is 7.23. The third-order valence-corrected chi connectivity index (χ3v) is 5.17. The number of rotatable bonds is 7. The summed E-state index contributed by atoms with van der Waals surface area (Å²) in [4.78, 5) is 20.0. The maximum absolute atomic E-state index is 11.4. The Labute approximate surface area is 166 Å². The Morgan fingerprint density at radius 2 is 1.96 bits per heavy atom. The minimum Gasteiger partial charge on any atom is -0.491 e. The highest BCUT2D eigenvalue weighted by atomic mass is 16.5. The second kappa shape index (κ2) is 9.52. The van der Waals surface area contributed by atoms with Gasteiger partial charge in [0.1, 0.15) is 51.2 Å². The van der Waals surface area contributed by atoms with Gasteiger partial charge in [-0.25, -0.2) is 4.98 Å². The van der Waals surface area contributed by atoms with E-state index < -0.39 is 6.10 Å². The molecule has 1 aromatic carbocycles. The van der Waals surface area contributed by atoms with Gasteiger partial charge in [-0.05, 0) is 30.3 Å². The summed E-state index contributed by atoms with van der Waals surface area (Å²) in [5, 5.41) is 10.3. The van der Waals surface area contributed by atoms with Crippen LogP contribution in [0.15, 0.2) is 48.7 Å². The van der Waals surface area contributed by atoms with E-state index in [1.54, 1.807) is 11.9 Å². The van der Waals surface area contributed by atoms with Gasteiger partial charge in [-0.3, -0.25) is 9.69 Å². The lowest BCUT2D eigenvalue weighted by Gasteiger charge is -2.29. The predicted octanol–water partition coefficient (Wildman–Crippen LogP) is -0.372. The SMILES string of the molecule is CC(=O)N(C)c1ccc(OC[C@H](O)C[NH+]2CCN(c3cccc[nH+]3)CC2)cc1. The molecule has 1 fully saturated rings. The van der Waals surface area contributed by atoms with Crippen LogP contribution in [0.1, 0.15) is 6.92 Å². The molecule has 0 radical (unpaired) electrons. The minimum atomic E-state index is -0.510. The number of H-pyrrole nitrogens is 1. The number of carbonyl (C=O) groups is 1. The summed E-state index contributed by atoms with van der Waals surface area (Å²) in [7, 11) is 1.74. The number of hydrogen-bond acceptors (Lipinski definition) is 4. The van der Waals surface area contributed by atoms with Gasteiger partial charge >= 0.3 is 0 Å². The Morgan fingerprint density at radius 3 is 2.57 bits per heavy atom. The first kappa shape index (κ1) is 20.1. The molecule has 1 aliphatic rings. The number of benzene rings is 1. The van der Waals surface area contributed by atoms with Crippen molar-refractivity contribution in [2.45, 2.75) is 13.0 Å². The van der Waals surface area contributed by atoms with Crippen molar-refractivity contribution >= 4 is 17.4 Å². The molecule has 28 heavy (non-hydrogen) atoms. The molecule has 0 unspecified atom stereocenters. The molecule has 1 saturated heterocycles. The van der Waals surface area contributed by atoms with Crippen molar-refractivity contribution < 1.29 is 24.5 Å². The Kier molecular flexibility index (Phi) is 6.84. The molecule has 1 atom stereocenters. The molecule has 2 aromatic rings. The summed E-state index contributed by atoms with van der Waals surface area (Å²) in [6.07, 6.45) is 1.43. The van der Waals surface area contributed by atoms with Crippen molar-refractivity contribution in [3.8, 4) is 5.75 Å². The lowest BCUT2D eigenvalue weighted by molar-refractivity contribution is -0.903. The molecular weight excluding hydrogens is 356 g/mol. The molecule has 3 rings (SSSR count). The maximum Gasteiger partial charge on any atom is 0.274 e. The molecule has 0 spiro atoms. The van der Waals surface area contributed by atoms with Gasteiger partial charge in [0.2, 0.25) is 5.91 Å². The predicted molar refractivity (Wildman–Crippen MR) is 108 cm³/mol. The van der Waals surface area contributed by atoms with Crippen LogP contribution in [0.3, 0.4) is 0 Å². The highest BCUT2D eigenvalue weighted by molar-refractivity contribution is 5.90. The number of quaternary nitrogens is 1. The molecule has 7 nitrogen and oxygen atoms in total. The highest BCUT2D eigenvalue weighted by Gasteiger charge is 2.27. The number of anilines is 2. The summed E-state index contributed by atoms with van der Waals surface area (Å²) in [6.45, 7) is 6.39. The van der Waals surface area contributed by atoms with E-state index in [1.165, 1.54) is 11.8 Å². The van der Waals surface area contributed by atoms with E-state index >= 15 is 0 Å². The number of amides is 1. The van der Waals surface area contributed by atoms with Crippen molar-refractivity contribution in [2.24, 2.45) is 0 Å². The molecule has 1 aromatic heterocycles. The smallest absolute Gasteiger partial charge is 0.274 e. The van der Waals surface area contributed by atoms with Gasteiger partial charge in [0.05, 0.1) is 6.20 Å². The van der Waals surface area contributed by atoms with Crippen LogP contribution in [0.2, 0.25) is 0 Å². The van der Waals surface area contributed by atoms with Crippen molar-refractivity contribution in [1.82, 2.24) is 0 Å². The number of piperazine rings is 1. The van der Waals surface area contributed by atoms with Gasteiger partial charge in [-0.1, -0.05) is 6.07 Å². The van der Waals surface area contributed by atoms with Crippen LogP contribution in [-0.2, 0) is 4.79 Å². The van der Waals surface area contributed by atoms with E-state index in [0.717, 1.165) is 37.7 Å². The molecule has 150 valence electrons. The van der Waals surface area contributed by atoms with Crippen molar-refractivity contribution in [1.29, 1.82) is 0 Å². The fourth-order valence-corrected chi connectivity index (χ4v) is 3.38. The van der Waals surface area contributed by atoms with Crippen molar-refractivity contribution in [2.75, 3.05) is 56.2 Å². The molecule has 2 heterocycles. The number of aromatic nitrogens is 1. The fraction of sp³-hybridized carbons (Fsp3) is 0.429. The van der Waals surface area contributed by atoms with Crippen LogP contribution in [-0.4, -0.2) is 63.5 Å². The van der Waals surface area contributed by atoms with E-state index in [-0.39, 0.29) is 12.5 Å². The molecule has 1 amide bonds. The molecule has 0 aliphatic carbocycles. The lowest BCUT2D eigenvalue weighted by atomic mass is 10.2. The third-order valence-electron chi connectivity index (χ3n) is 5.17. The summed E-state index contributed by atoms with van der Waals surface area (Å²) in [5.74, 6) is 1.82. The zero-order valence-corrected chi connectivity index (χ0v) is 16.6. The Bertz CT molecular complexity index is 746. The molecular formula is C21H30N4O3+2. The number of aromatic amines is 1.